The van der Waals surface area contributed by atoms with Crippen LogP contribution in [0.5, 0.6) is 0 Å². The summed E-state index contributed by atoms with van der Waals surface area (Å²) in [6, 6.07) is 135. The van der Waals surface area contributed by atoms with Crippen LogP contribution in [0.3, 0.4) is 0 Å². The summed E-state index contributed by atoms with van der Waals surface area (Å²) in [7, 11) is 0. The van der Waals surface area contributed by atoms with E-state index in [1.54, 1.807) is 45.3 Å². The number of rotatable bonds is 12. The Morgan fingerprint density at radius 3 is 0.837 bits per heavy atom. The van der Waals surface area contributed by atoms with Crippen molar-refractivity contribution in [2.45, 2.75) is 0 Å². The van der Waals surface area contributed by atoms with Crippen LogP contribution in [-0.4, -0.2) is 59.8 Å². The third-order valence-electron chi connectivity index (χ3n) is 25.8. The number of nitrogens with zero attached hydrogens (tertiary/aromatic N) is 12. The van der Waals surface area contributed by atoms with Crippen molar-refractivity contribution in [3.8, 4) is 134 Å². The van der Waals surface area contributed by atoms with Gasteiger partial charge in [0.1, 0.15) is 70.9 Å². The van der Waals surface area contributed by atoms with E-state index in [2.05, 4.69) is 164 Å². The van der Waals surface area contributed by atoms with Gasteiger partial charge in [0.2, 0.25) is 0 Å². The van der Waals surface area contributed by atoms with Gasteiger partial charge in [-0.1, -0.05) is 243 Å². The summed E-state index contributed by atoms with van der Waals surface area (Å²) >= 11 is 6.84. The highest BCUT2D eigenvalue weighted by Gasteiger charge is 2.27. The molecule has 30 rings (SSSR count). The molecule has 0 N–H and O–H groups in total. The fourth-order valence-electron chi connectivity index (χ4n) is 19.2. The number of thiophene rings is 1. The van der Waals surface area contributed by atoms with E-state index in [4.69, 9.17) is 81.9 Å². The lowest BCUT2D eigenvalue weighted by Gasteiger charge is -2.10. The molecule has 21 heteroatoms. The second-order valence-corrected chi connectivity index (χ2v) is 38.5. The summed E-state index contributed by atoms with van der Waals surface area (Å²) in [5.74, 6) is 5.37. The van der Waals surface area contributed by atoms with Crippen LogP contribution < -0.4 is 0 Å². The van der Waals surface area contributed by atoms with Gasteiger partial charge in [0.15, 0.2) is 52.4 Å². The molecular formula is C120H66N12O5S4. The molecule has 0 amide bonds. The number of aromatic nitrogens is 12. The first-order chi connectivity index (χ1) is 69.8. The lowest BCUT2D eigenvalue weighted by molar-refractivity contribution is 0.668. The molecule has 0 aliphatic rings. The molecule has 12 heterocycles. The Hall–Kier alpha value is -18.1. The monoisotopic (exact) mass is 1880 g/mol. The molecule has 0 saturated carbocycles. The maximum Gasteiger partial charge on any atom is 0.165 e. The lowest BCUT2D eigenvalue weighted by atomic mass is 10.0. The first-order valence-corrected chi connectivity index (χ1v) is 49.2. The molecule has 660 valence electrons. The maximum atomic E-state index is 6.40. The summed E-state index contributed by atoms with van der Waals surface area (Å²) in [5, 5.41) is 15.3. The number of furan rings is 5. The van der Waals surface area contributed by atoms with E-state index in [-0.39, 0.29) is 0 Å². The number of hydrogen-bond acceptors (Lipinski definition) is 21. The molecule has 17 nitrogen and oxygen atoms in total. The van der Waals surface area contributed by atoms with Crippen LogP contribution in [0.2, 0.25) is 0 Å². The molecule has 12 aromatic heterocycles. The Balaban J connectivity index is 0.000000104. The Bertz CT molecular complexity index is 10200. The van der Waals surface area contributed by atoms with Gasteiger partial charge in [-0.15, -0.1) is 45.3 Å². The van der Waals surface area contributed by atoms with Gasteiger partial charge < -0.3 is 22.1 Å². The first-order valence-electron chi connectivity index (χ1n) is 45.9. The molecule has 0 unspecified atom stereocenters. The fraction of sp³-hybridized carbons (Fsp3) is 0. The van der Waals surface area contributed by atoms with E-state index in [1.165, 1.54) is 20.2 Å². The standard InChI is InChI=1S/2C40H22N4O2S.C40H22N4OS2/c1-2-10-23(11-3-1)37-42-38(26-13-8-17-32-35(26)25-12-4-6-16-30(25)45-32)44-39(43-37)27-14-9-18-33-36(27)28-22-24(20-21-31(28)46-33)40-41-29-15-5-7-19-34(29)47-40;1-2-9-23(10-3-1)37-42-38(24-17-19-32-28(21-24)26-11-4-6-14-31(26)45-32)44-39(43-37)27-12-8-15-34-36(27)29-22-25(18-20-33(29)46-34)40-41-30-13-5-7-16-35(30)47-40;1-2-10-23(11-3-1)37-42-38(44-39(43-37)28-15-8-13-26-25-12-4-6-18-33(25)46-36(26)28)27-14-9-17-32-35(27)29-22-24(20-21-31(29)45-32)40-41-30-16-5-7-19-34(30)47-40/h3*1-22H. The molecular weight excluding hydrogens is 1820 g/mol. The van der Waals surface area contributed by atoms with Crippen molar-refractivity contribution in [1.29, 1.82) is 0 Å². The van der Waals surface area contributed by atoms with E-state index in [9.17, 15) is 0 Å². The van der Waals surface area contributed by atoms with Crippen LogP contribution in [0.15, 0.2) is 422 Å². The quantitative estimate of drug-likeness (QED) is 0.111. The molecule has 0 saturated heterocycles. The van der Waals surface area contributed by atoms with Gasteiger partial charge in [-0.25, -0.2) is 59.8 Å². The van der Waals surface area contributed by atoms with Crippen LogP contribution in [0.1, 0.15) is 0 Å². The summed E-state index contributed by atoms with van der Waals surface area (Å²) < 4.78 is 37.4. The molecule has 0 radical (unpaired) electrons. The van der Waals surface area contributed by atoms with Crippen molar-refractivity contribution in [2.24, 2.45) is 0 Å². The van der Waals surface area contributed by atoms with Gasteiger partial charge in [0.25, 0.3) is 0 Å². The highest BCUT2D eigenvalue weighted by molar-refractivity contribution is 7.26. The van der Waals surface area contributed by atoms with Gasteiger partial charge in [-0.05, 0) is 158 Å². The average molecular weight is 1880 g/mol. The lowest BCUT2D eigenvalue weighted by Crippen LogP contribution is -2.00. The van der Waals surface area contributed by atoms with E-state index in [0.717, 1.165) is 222 Å². The number of fused-ring (bicyclic) bond motifs is 21. The Morgan fingerprint density at radius 1 is 0.149 bits per heavy atom. The number of thiazole rings is 3. The Kier molecular flexibility index (Phi) is 19.3. The van der Waals surface area contributed by atoms with Crippen LogP contribution >= 0.6 is 45.3 Å². The van der Waals surface area contributed by atoms with Crippen LogP contribution in [0.4, 0.5) is 0 Å². The largest absolute Gasteiger partial charge is 0.456 e. The van der Waals surface area contributed by atoms with Crippen LogP contribution in [0, 0.1) is 0 Å². The Morgan fingerprint density at radius 2 is 0.418 bits per heavy atom. The van der Waals surface area contributed by atoms with E-state index in [1.807, 2.05) is 237 Å². The van der Waals surface area contributed by atoms with Crippen molar-refractivity contribution in [2.75, 3.05) is 0 Å². The number of hydrogen-bond donors (Lipinski definition) is 0. The smallest absolute Gasteiger partial charge is 0.165 e. The highest BCUT2D eigenvalue weighted by atomic mass is 32.1. The number of para-hydroxylation sites is 5. The minimum absolute atomic E-state index is 0.567. The summed E-state index contributed by atoms with van der Waals surface area (Å²) in [4.78, 5) is 60.6. The third-order valence-corrected chi connectivity index (χ3v) is 30.2. The van der Waals surface area contributed by atoms with E-state index < -0.39 is 0 Å². The predicted octanol–water partition coefficient (Wildman–Crippen LogP) is 33.3. The molecule has 0 bridgehead atoms. The van der Waals surface area contributed by atoms with Gasteiger partial charge >= 0.3 is 0 Å². The predicted molar refractivity (Wildman–Crippen MR) is 574 cm³/mol. The first kappa shape index (κ1) is 81.3. The summed E-state index contributed by atoms with van der Waals surface area (Å²) in [6.45, 7) is 0. The SMILES string of the molecule is c1ccc(-c2nc(-c3ccc4oc5ccccc5c4c3)nc(-c3cccc4oc5ccc(-c6nc7ccccc7s6)cc5c34)n2)cc1.c1ccc(-c2nc(-c3cccc4c3sc3ccccc34)nc(-c3cccc4oc5ccc(-c6nc7ccccc7s6)cc5c34)n2)cc1.c1ccc(-c2nc(-c3cccc4oc5ccccc5c34)nc(-c3cccc4oc5ccc(-c6nc7ccccc7s6)cc5c34)n2)cc1. The van der Waals surface area contributed by atoms with E-state index >= 15 is 0 Å². The molecule has 0 atom stereocenters. The van der Waals surface area contributed by atoms with E-state index in [0.29, 0.717) is 52.4 Å². The van der Waals surface area contributed by atoms with Crippen LogP contribution in [0.25, 0.3) is 295 Å². The zero-order valence-corrected chi connectivity index (χ0v) is 77.4. The zero-order valence-electron chi connectivity index (χ0n) is 74.1. The van der Waals surface area contributed by atoms with Gasteiger partial charge in [-0.3, -0.25) is 0 Å². The van der Waals surface area contributed by atoms with Gasteiger partial charge in [0.05, 0.1) is 30.6 Å². The highest BCUT2D eigenvalue weighted by Crippen LogP contribution is 2.48. The summed E-state index contributed by atoms with van der Waals surface area (Å²) in [6.07, 6.45) is 0. The summed E-state index contributed by atoms with van der Waals surface area (Å²) in [5.41, 5.74) is 22.3. The van der Waals surface area contributed by atoms with Crippen molar-refractivity contribution in [1.82, 2.24) is 59.8 Å². The topological polar surface area (TPSA) is 220 Å². The molecule has 0 aliphatic heterocycles. The normalized spacial score (nSPS) is 11.8. The minimum Gasteiger partial charge on any atom is -0.456 e. The fourth-order valence-corrected chi connectivity index (χ4v) is 23.3. The maximum absolute atomic E-state index is 6.40. The molecule has 30 aromatic rings. The number of benzene rings is 18. The second-order valence-electron chi connectivity index (χ2n) is 34.3. The molecule has 18 aromatic carbocycles. The van der Waals surface area contributed by atoms with Gasteiger partial charge in [-0.2, -0.15) is 0 Å². The van der Waals surface area contributed by atoms with Crippen molar-refractivity contribution in [3.63, 3.8) is 0 Å². The van der Waals surface area contributed by atoms with Crippen molar-refractivity contribution < 1.29 is 22.1 Å². The third kappa shape index (κ3) is 14.3. The zero-order chi connectivity index (χ0) is 92.7. The molecule has 0 aliphatic carbocycles. The van der Waals surface area contributed by atoms with Gasteiger partial charge in [0, 0.05) is 141 Å². The Labute approximate surface area is 816 Å². The van der Waals surface area contributed by atoms with Crippen molar-refractivity contribution >= 4 is 206 Å². The second kappa shape index (κ2) is 33.4. The average Bonchev–Trinajstić information content (AvgIpc) is 1.67. The van der Waals surface area contributed by atoms with Crippen molar-refractivity contribution in [3.05, 3.63) is 400 Å². The minimum atomic E-state index is 0.567. The molecule has 0 fully saturated rings. The molecule has 141 heavy (non-hydrogen) atoms. The molecule has 0 spiro atoms. The van der Waals surface area contributed by atoms with Crippen LogP contribution in [-0.2, 0) is 0 Å².